The SMILES string of the molecule is CCOC(=O)C1=CCc2c(OC)ccc(Br)c2C1. The Balaban J connectivity index is 2.32. The Morgan fingerprint density at radius 2 is 2.17 bits per heavy atom. The van der Waals surface area contributed by atoms with Gasteiger partial charge in [-0.25, -0.2) is 4.79 Å². The number of hydrogen-bond acceptors (Lipinski definition) is 3. The van der Waals surface area contributed by atoms with Crippen molar-refractivity contribution >= 4 is 21.9 Å². The minimum absolute atomic E-state index is 0.224. The lowest BCUT2D eigenvalue weighted by Crippen LogP contribution is -2.15. The number of esters is 1. The molecule has 0 saturated carbocycles. The predicted molar refractivity (Wildman–Crippen MR) is 72.8 cm³/mol. The van der Waals surface area contributed by atoms with Gasteiger partial charge in [0, 0.05) is 22.0 Å². The molecular formula is C14H15BrO3. The van der Waals surface area contributed by atoms with Crippen molar-refractivity contribution in [3.8, 4) is 5.75 Å². The highest BCUT2D eigenvalue weighted by Gasteiger charge is 2.21. The number of allylic oxidation sites excluding steroid dienone is 1. The lowest BCUT2D eigenvalue weighted by atomic mass is 9.91. The van der Waals surface area contributed by atoms with Crippen molar-refractivity contribution < 1.29 is 14.3 Å². The molecular weight excluding hydrogens is 296 g/mol. The molecule has 0 aromatic heterocycles. The summed E-state index contributed by atoms with van der Waals surface area (Å²) in [5, 5.41) is 0. The fraction of sp³-hybridized carbons (Fsp3) is 0.357. The molecule has 1 aromatic carbocycles. The third kappa shape index (κ3) is 2.43. The van der Waals surface area contributed by atoms with Crippen LogP contribution in [0.15, 0.2) is 28.3 Å². The molecule has 0 bridgehead atoms. The molecule has 96 valence electrons. The van der Waals surface area contributed by atoms with E-state index >= 15 is 0 Å². The average Bonchev–Trinajstić information content (AvgIpc) is 2.39. The summed E-state index contributed by atoms with van der Waals surface area (Å²) < 4.78 is 11.4. The Hall–Kier alpha value is -1.29. The molecule has 0 unspecified atom stereocenters. The van der Waals surface area contributed by atoms with Crippen molar-refractivity contribution in [3.63, 3.8) is 0 Å². The van der Waals surface area contributed by atoms with Crippen molar-refractivity contribution in [1.29, 1.82) is 0 Å². The van der Waals surface area contributed by atoms with Crippen LogP contribution < -0.4 is 4.74 Å². The molecule has 1 aliphatic rings. The Kier molecular flexibility index (Phi) is 4.07. The van der Waals surface area contributed by atoms with Gasteiger partial charge in [0.1, 0.15) is 5.75 Å². The second-order valence-corrected chi connectivity index (χ2v) is 4.89. The van der Waals surface area contributed by atoms with E-state index in [1.807, 2.05) is 25.1 Å². The average molecular weight is 311 g/mol. The number of halogens is 1. The van der Waals surface area contributed by atoms with Crippen LogP contribution in [0.3, 0.4) is 0 Å². The molecule has 1 aromatic rings. The summed E-state index contributed by atoms with van der Waals surface area (Å²) in [4.78, 5) is 11.7. The van der Waals surface area contributed by atoms with Gasteiger partial charge in [0.25, 0.3) is 0 Å². The van der Waals surface area contributed by atoms with Crippen LogP contribution in [0.2, 0.25) is 0 Å². The highest BCUT2D eigenvalue weighted by Crippen LogP contribution is 2.34. The fourth-order valence-electron chi connectivity index (χ4n) is 2.12. The molecule has 0 saturated heterocycles. The van der Waals surface area contributed by atoms with Crippen LogP contribution in [0.5, 0.6) is 5.75 Å². The van der Waals surface area contributed by atoms with Gasteiger partial charge < -0.3 is 9.47 Å². The van der Waals surface area contributed by atoms with Crippen molar-refractivity contribution in [3.05, 3.63) is 39.4 Å². The molecule has 0 amide bonds. The summed E-state index contributed by atoms with van der Waals surface area (Å²) in [6.07, 6.45) is 3.22. The lowest BCUT2D eigenvalue weighted by molar-refractivity contribution is -0.138. The summed E-state index contributed by atoms with van der Waals surface area (Å²) in [5.74, 6) is 0.644. The molecule has 0 spiro atoms. The number of carbonyl (C=O) groups excluding carboxylic acids is 1. The highest BCUT2D eigenvalue weighted by molar-refractivity contribution is 9.10. The van der Waals surface area contributed by atoms with E-state index in [1.54, 1.807) is 7.11 Å². The van der Waals surface area contributed by atoms with E-state index in [9.17, 15) is 4.79 Å². The molecule has 4 heteroatoms. The smallest absolute Gasteiger partial charge is 0.334 e. The number of fused-ring (bicyclic) bond motifs is 1. The molecule has 0 atom stereocenters. The van der Waals surface area contributed by atoms with Gasteiger partial charge in [-0.3, -0.25) is 0 Å². The minimum atomic E-state index is -0.224. The van der Waals surface area contributed by atoms with Gasteiger partial charge in [0.05, 0.1) is 13.7 Å². The van der Waals surface area contributed by atoms with E-state index in [-0.39, 0.29) is 5.97 Å². The second-order valence-electron chi connectivity index (χ2n) is 4.04. The summed E-state index contributed by atoms with van der Waals surface area (Å²) in [5.41, 5.74) is 2.97. The number of hydrogen-bond donors (Lipinski definition) is 0. The van der Waals surface area contributed by atoms with Gasteiger partial charge in [0.2, 0.25) is 0 Å². The van der Waals surface area contributed by atoms with Gasteiger partial charge in [-0.15, -0.1) is 0 Å². The number of ether oxygens (including phenoxy) is 2. The lowest BCUT2D eigenvalue weighted by Gasteiger charge is -2.20. The normalized spacial score (nSPS) is 13.6. The number of benzene rings is 1. The Labute approximate surface area is 115 Å². The molecule has 1 aliphatic carbocycles. The zero-order chi connectivity index (χ0) is 13.1. The number of rotatable bonds is 3. The zero-order valence-electron chi connectivity index (χ0n) is 10.5. The fourth-order valence-corrected chi connectivity index (χ4v) is 2.63. The second kappa shape index (κ2) is 5.57. The minimum Gasteiger partial charge on any atom is -0.496 e. The Bertz CT molecular complexity index is 506. The van der Waals surface area contributed by atoms with Crippen molar-refractivity contribution in [2.24, 2.45) is 0 Å². The van der Waals surface area contributed by atoms with E-state index in [0.717, 1.165) is 26.9 Å². The van der Waals surface area contributed by atoms with Crippen molar-refractivity contribution in [1.82, 2.24) is 0 Å². The first kappa shape index (κ1) is 13.1. The van der Waals surface area contributed by atoms with Gasteiger partial charge in [-0.1, -0.05) is 22.0 Å². The maximum absolute atomic E-state index is 11.7. The quantitative estimate of drug-likeness (QED) is 0.805. The topological polar surface area (TPSA) is 35.5 Å². The van der Waals surface area contributed by atoms with Gasteiger partial charge >= 0.3 is 5.97 Å². The predicted octanol–water partition coefficient (Wildman–Crippen LogP) is 3.05. The van der Waals surface area contributed by atoms with E-state index in [0.29, 0.717) is 19.4 Å². The van der Waals surface area contributed by atoms with Gasteiger partial charge in [0.15, 0.2) is 0 Å². The molecule has 0 aliphatic heterocycles. The number of carbonyl (C=O) groups is 1. The van der Waals surface area contributed by atoms with Crippen LogP contribution in [0.25, 0.3) is 0 Å². The van der Waals surface area contributed by atoms with E-state index in [4.69, 9.17) is 9.47 Å². The van der Waals surface area contributed by atoms with E-state index in [1.165, 1.54) is 0 Å². The first-order chi connectivity index (χ1) is 8.67. The van der Waals surface area contributed by atoms with Gasteiger partial charge in [-0.2, -0.15) is 0 Å². The maximum atomic E-state index is 11.7. The van der Waals surface area contributed by atoms with E-state index in [2.05, 4.69) is 15.9 Å². The molecule has 0 radical (unpaired) electrons. The standard InChI is InChI=1S/C14H15BrO3/c1-3-18-14(16)9-4-5-10-11(8-9)12(15)6-7-13(10)17-2/h4,6-7H,3,5,8H2,1-2H3. The van der Waals surface area contributed by atoms with Crippen LogP contribution in [0.4, 0.5) is 0 Å². The molecule has 18 heavy (non-hydrogen) atoms. The zero-order valence-corrected chi connectivity index (χ0v) is 12.0. The molecule has 2 rings (SSSR count). The van der Waals surface area contributed by atoms with Crippen molar-refractivity contribution in [2.45, 2.75) is 19.8 Å². The molecule has 0 fully saturated rings. The van der Waals surface area contributed by atoms with E-state index < -0.39 is 0 Å². The van der Waals surface area contributed by atoms with Crippen LogP contribution in [-0.2, 0) is 22.4 Å². The largest absolute Gasteiger partial charge is 0.496 e. The van der Waals surface area contributed by atoms with Gasteiger partial charge in [-0.05, 0) is 31.0 Å². The van der Waals surface area contributed by atoms with Crippen LogP contribution >= 0.6 is 15.9 Å². The summed E-state index contributed by atoms with van der Waals surface area (Å²) >= 11 is 3.53. The third-order valence-corrected chi connectivity index (χ3v) is 3.75. The van der Waals surface area contributed by atoms with Crippen molar-refractivity contribution in [2.75, 3.05) is 13.7 Å². The van der Waals surface area contributed by atoms with Crippen LogP contribution in [0.1, 0.15) is 18.1 Å². The van der Waals surface area contributed by atoms with Crippen LogP contribution in [0, 0.1) is 0 Å². The Morgan fingerprint density at radius 1 is 1.39 bits per heavy atom. The summed E-state index contributed by atoms with van der Waals surface area (Å²) in [6, 6.07) is 3.89. The molecule has 0 N–H and O–H groups in total. The number of methoxy groups -OCH3 is 1. The Morgan fingerprint density at radius 3 is 2.83 bits per heavy atom. The van der Waals surface area contributed by atoms with Crippen LogP contribution in [-0.4, -0.2) is 19.7 Å². The highest BCUT2D eigenvalue weighted by atomic mass is 79.9. The summed E-state index contributed by atoms with van der Waals surface area (Å²) in [7, 11) is 1.66. The molecule has 0 heterocycles. The third-order valence-electron chi connectivity index (χ3n) is 3.01. The maximum Gasteiger partial charge on any atom is 0.334 e. The monoisotopic (exact) mass is 310 g/mol. The summed E-state index contributed by atoms with van der Waals surface area (Å²) in [6.45, 7) is 2.22. The molecule has 3 nitrogen and oxygen atoms in total. The first-order valence-electron chi connectivity index (χ1n) is 5.87. The first-order valence-corrected chi connectivity index (χ1v) is 6.67.